The normalized spacial score (nSPS) is 26.3. The number of aromatic nitrogens is 3. The topological polar surface area (TPSA) is 60.2 Å². The fraction of sp³-hybridized carbons (Fsp3) is 0.471. The minimum atomic E-state index is 0.149. The molecule has 4 rings (SSSR count). The molecule has 23 heavy (non-hydrogen) atoms. The van der Waals surface area contributed by atoms with Crippen molar-refractivity contribution in [2.75, 3.05) is 0 Å². The maximum atomic E-state index is 12.6. The molecule has 0 spiro atoms. The van der Waals surface area contributed by atoms with Gasteiger partial charge in [-0.1, -0.05) is 6.07 Å². The van der Waals surface area contributed by atoms with Crippen molar-refractivity contribution < 1.29 is 9.53 Å². The molecule has 2 aromatic rings. The number of nitrogens with zero attached hydrogens (tertiary/aromatic N) is 4. The number of piperidine rings is 1. The van der Waals surface area contributed by atoms with Crippen LogP contribution in [0.25, 0.3) is 0 Å². The fourth-order valence-electron chi connectivity index (χ4n) is 3.83. The van der Waals surface area contributed by atoms with Crippen molar-refractivity contribution in [3.63, 3.8) is 0 Å². The van der Waals surface area contributed by atoms with Gasteiger partial charge in [-0.15, -0.1) is 0 Å². The highest BCUT2D eigenvalue weighted by Crippen LogP contribution is 2.37. The van der Waals surface area contributed by atoms with Crippen molar-refractivity contribution in [1.82, 2.24) is 19.7 Å². The lowest BCUT2D eigenvalue weighted by Gasteiger charge is -2.38. The summed E-state index contributed by atoms with van der Waals surface area (Å²) in [5.41, 5.74) is 0. The molecule has 2 atom stereocenters. The zero-order valence-electron chi connectivity index (χ0n) is 12.9. The molecule has 0 aliphatic carbocycles. The number of carbonyl (C=O) groups is 1. The number of amides is 1. The van der Waals surface area contributed by atoms with Crippen LogP contribution < -0.4 is 4.74 Å². The molecule has 2 bridgehead atoms. The molecule has 2 saturated heterocycles. The summed E-state index contributed by atoms with van der Waals surface area (Å²) in [7, 11) is 0. The summed E-state index contributed by atoms with van der Waals surface area (Å²) in [4.78, 5) is 18.9. The number of rotatable bonds is 4. The summed E-state index contributed by atoms with van der Waals surface area (Å²) >= 11 is 0. The average Bonchev–Trinajstić information content (AvgIpc) is 3.15. The zero-order chi connectivity index (χ0) is 15.6. The minimum absolute atomic E-state index is 0.149. The molecule has 2 unspecified atom stereocenters. The minimum Gasteiger partial charge on any atom is -0.474 e. The fourth-order valence-corrected chi connectivity index (χ4v) is 3.83. The van der Waals surface area contributed by atoms with Gasteiger partial charge in [0.25, 0.3) is 0 Å². The van der Waals surface area contributed by atoms with Crippen molar-refractivity contribution in [3.8, 4) is 5.88 Å². The lowest BCUT2D eigenvalue weighted by Crippen LogP contribution is -2.50. The van der Waals surface area contributed by atoms with E-state index >= 15 is 0 Å². The predicted octanol–water partition coefficient (Wildman–Crippen LogP) is 1.88. The Morgan fingerprint density at radius 2 is 2.00 bits per heavy atom. The summed E-state index contributed by atoms with van der Waals surface area (Å²) in [5, 5.41) is 4.13. The number of hydrogen-bond acceptors (Lipinski definition) is 4. The van der Waals surface area contributed by atoms with Crippen LogP contribution in [0.1, 0.15) is 25.7 Å². The van der Waals surface area contributed by atoms with Crippen LogP contribution in [0.3, 0.4) is 0 Å². The van der Waals surface area contributed by atoms with Crippen molar-refractivity contribution in [1.29, 1.82) is 0 Å². The monoisotopic (exact) mass is 312 g/mol. The van der Waals surface area contributed by atoms with Crippen LogP contribution in [0.5, 0.6) is 5.88 Å². The summed E-state index contributed by atoms with van der Waals surface area (Å²) in [6.07, 6.45) is 9.33. The lowest BCUT2D eigenvalue weighted by molar-refractivity contribution is -0.137. The molecule has 4 heterocycles. The maximum absolute atomic E-state index is 12.6. The van der Waals surface area contributed by atoms with E-state index in [0.717, 1.165) is 25.7 Å². The first-order valence-corrected chi connectivity index (χ1v) is 8.16. The van der Waals surface area contributed by atoms with E-state index in [1.165, 1.54) is 0 Å². The Balaban J connectivity index is 1.41. The van der Waals surface area contributed by atoms with E-state index in [1.54, 1.807) is 17.1 Å². The first kappa shape index (κ1) is 14.2. The number of hydrogen-bond donors (Lipinski definition) is 0. The maximum Gasteiger partial charge on any atom is 0.244 e. The Morgan fingerprint density at radius 3 is 2.65 bits per heavy atom. The van der Waals surface area contributed by atoms with E-state index in [2.05, 4.69) is 15.0 Å². The van der Waals surface area contributed by atoms with Crippen LogP contribution in [0.15, 0.2) is 42.9 Å². The number of fused-ring (bicyclic) bond motifs is 2. The van der Waals surface area contributed by atoms with Crippen LogP contribution in [0, 0.1) is 0 Å². The Bertz CT molecular complexity index is 644. The Hall–Kier alpha value is -2.37. The summed E-state index contributed by atoms with van der Waals surface area (Å²) < 4.78 is 7.70. The summed E-state index contributed by atoms with van der Waals surface area (Å²) in [6, 6.07) is 8.11. The quantitative estimate of drug-likeness (QED) is 0.865. The highest BCUT2D eigenvalue weighted by atomic mass is 16.5. The van der Waals surface area contributed by atoms with Gasteiger partial charge in [0.2, 0.25) is 11.8 Å². The van der Waals surface area contributed by atoms with Gasteiger partial charge >= 0.3 is 0 Å². The smallest absolute Gasteiger partial charge is 0.244 e. The second-order valence-electron chi connectivity index (χ2n) is 6.27. The summed E-state index contributed by atoms with van der Waals surface area (Å²) in [5.74, 6) is 0.839. The molecule has 2 aliphatic rings. The molecule has 0 radical (unpaired) electrons. The van der Waals surface area contributed by atoms with Gasteiger partial charge < -0.3 is 9.64 Å². The van der Waals surface area contributed by atoms with E-state index < -0.39 is 0 Å². The standard InChI is InChI=1S/C17H20N4O2/c22-17(12-20-9-3-8-19-20)21-13-5-6-14(21)11-15(10-13)23-16-4-1-2-7-18-16/h1-4,7-9,13-15H,5-6,10-12H2. The van der Waals surface area contributed by atoms with E-state index in [0.29, 0.717) is 12.4 Å². The third kappa shape index (κ3) is 2.93. The molecule has 2 aromatic heterocycles. The molecule has 6 heteroatoms. The van der Waals surface area contributed by atoms with Crippen LogP contribution in [-0.4, -0.2) is 43.8 Å². The van der Waals surface area contributed by atoms with Gasteiger partial charge in [0, 0.05) is 49.6 Å². The van der Waals surface area contributed by atoms with Crippen LogP contribution >= 0.6 is 0 Å². The SMILES string of the molecule is O=C(Cn1cccn1)N1C2CCC1CC(Oc1ccccn1)C2. The molecule has 0 aromatic carbocycles. The van der Waals surface area contributed by atoms with Gasteiger partial charge in [0.1, 0.15) is 12.6 Å². The van der Waals surface area contributed by atoms with Crippen LogP contribution in [-0.2, 0) is 11.3 Å². The molecule has 0 N–H and O–H groups in total. The van der Waals surface area contributed by atoms with Gasteiger partial charge in [0.05, 0.1) is 0 Å². The molecule has 0 saturated carbocycles. The van der Waals surface area contributed by atoms with Crippen molar-refractivity contribution >= 4 is 5.91 Å². The van der Waals surface area contributed by atoms with E-state index in [-0.39, 0.29) is 24.1 Å². The largest absolute Gasteiger partial charge is 0.474 e. The van der Waals surface area contributed by atoms with Crippen LogP contribution in [0.4, 0.5) is 0 Å². The molecule has 6 nitrogen and oxygen atoms in total. The Kier molecular flexibility index (Phi) is 3.73. The Labute approximate surface area is 135 Å². The van der Waals surface area contributed by atoms with Gasteiger partial charge in [-0.05, 0) is 25.0 Å². The van der Waals surface area contributed by atoms with Gasteiger partial charge in [-0.3, -0.25) is 9.48 Å². The average molecular weight is 312 g/mol. The second-order valence-corrected chi connectivity index (χ2v) is 6.27. The van der Waals surface area contributed by atoms with E-state index in [1.807, 2.05) is 30.5 Å². The van der Waals surface area contributed by atoms with E-state index in [4.69, 9.17) is 4.74 Å². The third-order valence-corrected chi connectivity index (χ3v) is 4.76. The number of pyridine rings is 1. The highest BCUT2D eigenvalue weighted by Gasteiger charge is 2.43. The van der Waals surface area contributed by atoms with Crippen molar-refractivity contribution in [2.24, 2.45) is 0 Å². The van der Waals surface area contributed by atoms with Gasteiger partial charge in [-0.2, -0.15) is 5.10 Å². The number of carbonyl (C=O) groups excluding carboxylic acids is 1. The molecule has 2 fully saturated rings. The van der Waals surface area contributed by atoms with Gasteiger partial charge in [0.15, 0.2) is 0 Å². The molecule has 1 amide bonds. The number of ether oxygens (including phenoxy) is 1. The second kappa shape index (κ2) is 6.02. The first-order chi connectivity index (χ1) is 11.3. The molecular weight excluding hydrogens is 292 g/mol. The molecule has 120 valence electrons. The molecular formula is C17H20N4O2. The van der Waals surface area contributed by atoms with Crippen molar-refractivity contribution in [2.45, 2.75) is 50.4 Å². The van der Waals surface area contributed by atoms with Gasteiger partial charge in [-0.25, -0.2) is 4.98 Å². The molecule has 2 aliphatic heterocycles. The summed E-state index contributed by atoms with van der Waals surface area (Å²) in [6.45, 7) is 0.325. The highest BCUT2D eigenvalue weighted by molar-refractivity contribution is 5.77. The van der Waals surface area contributed by atoms with Crippen LogP contribution in [0.2, 0.25) is 0 Å². The Morgan fingerprint density at radius 1 is 1.17 bits per heavy atom. The van der Waals surface area contributed by atoms with Crippen molar-refractivity contribution in [3.05, 3.63) is 42.9 Å². The third-order valence-electron chi connectivity index (χ3n) is 4.76. The zero-order valence-corrected chi connectivity index (χ0v) is 12.9. The lowest BCUT2D eigenvalue weighted by atomic mass is 9.99. The predicted molar refractivity (Wildman–Crippen MR) is 83.8 cm³/mol. The first-order valence-electron chi connectivity index (χ1n) is 8.16. The van der Waals surface area contributed by atoms with E-state index in [9.17, 15) is 4.79 Å².